The minimum atomic E-state index is -0.165. The second-order valence-electron chi connectivity index (χ2n) is 4.32. The molecule has 0 spiro atoms. The topological polar surface area (TPSA) is 72.0 Å². The number of benzene rings is 1. The first-order valence-electron chi connectivity index (χ1n) is 6.35. The fourth-order valence-electron chi connectivity index (χ4n) is 1.95. The fourth-order valence-corrected chi connectivity index (χ4v) is 1.95. The molecule has 2 aromatic rings. The minimum Gasteiger partial charge on any atom is -0.310 e. The molecule has 0 aliphatic heterocycles. The Morgan fingerprint density at radius 3 is 2.80 bits per heavy atom. The highest BCUT2D eigenvalue weighted by Crippen LogP contribution is 2.13. The summed E-state index contributed by atoms with van der Waals surface area (Å²) in [5.74, 6) is 0.302. The number of amides is 1. The van der Waals surface area contributed by atoms with E-state index in [1.54, 1.807) is 24.4 Å². The maximum absolute atomic E-state index is 12.0. The standard InChI is InChI=1S/C15H15N3O2/c1-2-12-4-3-11(9-19)7-13(12)8-15(20)18-14-5-6-16-10-17-14/h3-7,9-10H,2,8H2,1H3,(H,16,17,18,20). The van der Waals surface area contributed by atoms with Gasteiger partial charge >= 0.3 is 0 Å². The first-order valence-corrected chi connectivity index (χ1v) is 6.35. The zero-order chi connectivity index (χ0) is 14.4. The van der Waals surface area contributed by atoms with E-state index >= 15 is 0 Å². The molecule has 1 heterocycles. The average Bonchev–Trinajstić information content (AvgIpc) is 2.48. The van der Waals surface area contributed by atoms with Crippen molar-refractivity contribution in [1.29, 1.82) is 0 Å². The van der Waals surface area contributed by atoms with Gasteiger partial charge in [0.2, 0.25) is 5.91 Å². The van der Waals surface area contributed by atoms with Crippen LogP contribution in [0.3, 0.4) is 0 Å². The lowest BCUT2D eigenvalue weighted by atomic mass is 9.99. The van der Waals surface area contributed by atoms with Crippen LogP contribution in [0.5, 0.6) is 0 Å². The van der Waals surface area contributed by atoms with E-state index in [1.807, 2.05) is 13.0 Å². The number of nitrogens with zero attached hydrogens (tertiary/aromatic N) is 2. The summed E-state index contributed by atoms with van der Waals surface area (Å²) in [7, 11) is 0. The number of anilines is 1. The molecule has 2 rings (SSSR count). The number of carbonyl (C=O) groups is 2. The lowest BCUT2D eigenvalue weighted by Crippen LogP contribution is -2.16. The molecule has 5 nitrogen and oxygen atoms in total. The highest BCUT2D eigenvalue weighted by atomic mass is 16.1. The van der Waals surface area contributed by atoms with Crippen LogP contribution < -0.4 is 5.32 Å². The molecule has 102 valence electrons. The third kappa shape index (κ3) is 3.47. The molecular formula is C15H15N3O2. The van der Waals surface area contributed by atoms with Gasteiger partial charge in [-0.05, 0) is 29.7 Å². The largest absolute Gasteiger partial charge is 0.310 e. The number of hydrogen-bond donors (Lipinski definition) is 1. The first-order chi connectivity index (χ1) is 9.72. The van der Waals surface area contributed by atoms with Gasteiger partial charge in [0.15, 0.2) is 0 Å². The normalized spacial score (nSPS) is 10.1. The van der Waals surface area contributed by atoms with Gasteiger partial charge in [0, 0.05) is 11.8 Å². The summed E-state index contributed by atoms with van der Waals surface area (Å²) in [6, 6.07) is 7.03. The lowest BCUT2D eigenvalue weighted by molar-refractivity contribution is -0.115. The van der Waals surface area contributed by atoms with E-state index < -0.39 is 0 Å². The van der Waals surface area contributed by atoms with Crippen molar-refractivity contribution in [3.8, 4) is 0 Å². The fraction of sp³-hybridized carbons (Fsp3) is 0.200. The molecule has 1 amide bonds. The molecule has 0 radical (unpaired) electrons. The smallest absolute Gasteiger partial charge is 0.229 e. The van der Waals surface area contributed by atoms with Gasteiger partial charge in [-0.25, -0.2) is 9.97 Å². The van der Waals surface area contributed by atoms with E-state index in [4.69, 9.17) is 0 Å². The van der Waals surface area contributed by atoms with Crippen LogP contribution >= 0.6 is 0 Å². The Labute approximate surface area is 117 Å². The third-order valence-electron chi connectivity index (χ3n) is 2.95. The zero-order valence-electron chi connectivity index (χ0n) is 11.2. The molecular weight excluding hydrogens is 254 g/mol. The summed E-state index contributed by atoms with van der Waals surface area (Å²) in [4.78, 5) is 30.5. The molecule has 5 heteroatoms. The molecule has 1 N–H and O–H groups in total. The van der Waals surface area contributed by atoms with Gasteiger partial charge < -0.3 is 5.32 Å². The number of carbonyl (C=O) groups excluding carboxylic acids is 2. The van der Waals surface area contributed by atoms with Crippen LogP contribution in [0.25, 0.3) is 0 Å². The van der Waals surface area contributed by atoms with E-state index in [0.717, 1.165) is 23.8 Å². The number of hydrogen-bond acceptors (Lipinski definition) is 4. The number of rotatable bonds is 5. The van der Waals surface area contributed by atoms with Crippen molar-refractivity contribution in [2.75, 3.05) is 5.32 Å². The molecule has 20 heavy (non-hydrogen) atoms. The van der Waals surface area contributed by atoms with Gasteiger partial charge in [0.05, 0.1) is 6.42 Å². The van der Waals surface area contributed by atoms with Crippen LogP contribution in [0.1, 0.15) is 28.4 Å². The van der Waals surface area contributed by atoms with Crippen molar-refractivity contribution in [1.82, 2.24) is 9.97 Å². The zero-order valence-corrected chi connectivity index (χ0v) is 11.2. The van der Waals surface area contributed by atoms with Crippen LogP contribution in [0.15, 0.2) is 36.8 Å². The molecule has 0 bridgehead atoms. The highest BCUT2D eigenvalue weighted by Gasteiger charge is 2.09. The Morgan fingerprint density at radius 2 is 2.15 bits per heavy atom. The van der Waals surface area contributed by atoms with Crippen LogP contribution in [0.2, 0.25) is 0 Å². The Balaban J connectivity index is 2.12. The van der Waals surface area contributed by atoms with E-state index in [0.29, 0.717) is 11.4 Å². The van der Waals surface area contributed by atoms with E-state index in [9.17, 15) is 9.59 Å². The second-order valence-corrected chi connectivity index (χ2v) is 4.32. The number of aryl methyl sites for hydroxylation is 1. The molecule has 1 aromatic carbocycles. The van der Waals surface area contributed by atoms with Crippen LogP contribution in [0.4, 0.5) is 5.82 Å². The lowest BCUT2D eigenvalue weighted by Gasteiger charge is -2.09. The van der Waals surface area contributed by atoms with E-state index in [2.05, 4.69) is 15.3 Å². The summed E-state index contributed by atoms with van der Waals surface area (Å²) in [6.07, 6.45) is 4.75. The monoisotopic (exact) mass is 269 g/mol. The molecule has 0 aliphatic carbocycles. The number of nitrogens with one attached hydrogen (secondary N) is 1. The molecule has 0 unspecified atom stereocenters. The van der Waals surface area contributed by atoms with Crippen molar-refractivity contribution >= 4 is 18.0 Å². The van der Waals surface area contributed by atoms with Crippen LogP contribution in [-0.2, 0) is 17.6 Å². The van der Waals surface area contributed by atoms with E-state index in [1.165, 1.54) is 6.33 Å². The Bertz CT molecular complexity index is 612. The van der Waals surface area contributed by atoms with Crippen molar-refractivity contribution in [3.63, 3.8) is 0 Å². The van der Waals surface area contributed by atoms with Crippen LogP contribution in [-0.4, -0.2) is 22.2 Å². The van der Waals surface area contributed by atoms with Crippen molar-refractivity contribution in [2.24, 2.45) is 0 Å². The summed E-state index contributed by atoms with van der Waals surface area (Å²) in [6.45, 7) is 2.02. The summed E-state index contributed by atoms with van der Waals surface area (Å²) in [5.41, 5.74) is 2.50. The Kier molecular flexibility index (Phi) is 4.55. The molecule has 0 fully saturated rings. The Morgan fingerprint density at radius 1 is 1.30 bits per heavy atom. The third-order valence-corrected chi connectivity index (χ3v) is 2.95. The van der Waals surface area contributed by atoms with Gasteiger partial charge in [0.1, 0.15) is 18.4 Å². The highest BCUT2D eigenvalue weighted by molar-refractivity contribution is 5.91. The summed E-state index contributed by atoms with van der Waals surface area (Å²) >= 11 is 0. The minimum absolute atomic E-state index is 0.165. The molecule has 0 saturated carbocycles. The van der Waals surface area contributed by atoms with Gasteiger partial charge in [-0.15, -0.1) is 0 Å². The summed E-state index contributed by atoms with van der Waals surface area (Å²) in [5, 5.41) is 2.70. The molecule has 0 saturated heterocycles. The predicted octanol–water partition coefficient (Wildman–Crippen LogP) is 2.03. The van der Waals surface area contributed by atoms with Crippen molar-refractivity contribution < 1.29 is 9.59 Å². The second kappa shape index (κ2) is 6.56. The van der Waals surface area contributed by atoms with Gasteiger partial charge in [-0.3, -0.25) is 9.59 Å². The maximum atomic E-state index is 12.0. The molecule has 0 aliphatic rings. The SMILES string of the molecule is CCc1ccc(C=O)cc1CC(=O)Nc1ccncn1. The van der Waals surface area contributed by atoms with Crippen LogP contribution in [0, 0.1) is 0 Å². The maximum Gasteiger partial charge on any atom is 0.229 e. The average molecular weight is 269 g/mol. The van der Waals surface area contributed by atoms with Gasteiger partial charge in [0.25, 0.3) is 0 Å². The first kappa shape index (κ1) is 13.9. The molecule has 0 atom stereocenters. The quantitative estimate of drug-likeness (QED) is 0.843. The van der Waals surface area contributed by atoms with Crippen molar-refractivity contribution in [2.45, 2.75) is 19.8 Å². The molecule has 1 aromatic heterocycles. The van der Waals surface area contributed by atoms with Crippen molar-refractivity contribution in [3.05, 3.63) is 53.5 Å². The number of aromatic nitrogens is 2. The van der Waals surface area contributed by atoms with Gasteiger partial charge in [-0.2, -0.15) is 0 Å². The summed E-state index contributed by atoms with van der Waals surface area (Å²) < 4.78 is 0. The van der Waals surface area contributed by atoms with Gasteiger partial charge in [-0.1, -0.05) is 19.1 Å². The van der Waals surface area contributed by atoms with E-state index in [-0.39, 0.29) is 12.3 Å². The Hall–Kier alpha value is -2.56. The predicted molar refractivity (Wildman–Crippen MR) is 75.6 cm³/mol. The number of aldehydes is 1.